The molecule has 0 aromatic rings. The van der Waals surface area contributed by atoms with Crippen LogP contribution < -0.4 is 0 Å². The summed E-state index contributed by atoms with van der Waals surface area (Å²) in [6, 6.07) is 0.931. The Balaban J connectivity index is 2.20. The first-order valence-electron chi connectivity index (χ1n) is 5.12. The third-order valence-corrected chi connectivity index (χ3v) is 2.80. The summed E-state index contributed by atoms with van der Waals surface area (Å²) in [6.07, 6.45) is 7.09. The minimum atomic E-state index is 0.931. The Kier molecular flexibility index (Phi) is 3.92. The molecule has 0 amide bonds. The van der Waals surface area contributed by atoms with Crippen molar-refractivity contribution in [2.75, 3.05) is 13.1 Å². The summed E-state index contributed by atoms with van der Waals surface area (Å²) in [5.74, 6) is 0. The maximum Gasteiger partial charge on any atom is 0.00956 e. The molecule has 1 aliphatic heterocycles. The van der Waals surface area contributed by atoms with Gasteiger partial charge in [-0.05, 0) is 32.4 Å². The molecule has 0 aromatic heterocycles. The van der Waals surface area contributed by atoms with E-state index in [1.54, 1.807) is 0 Å². The summed E-state index contributed by atoms with van der Waals surface area (Å²) < 4.78 is 0. The van der Waals surface area contributed by atoms with E-state index >= 15 is 0 Å². The van der Waals surface area contributed by atoms with Gasteiger partial charge in [-0.3, -0.25) is 0 Å². The highest BCUT2D eigenvalue weighted by Gasteiger charge is 2.21. The standard InChI is InChI=1S/C10H21N/c1-3-5-7-10-8-6-9-11(10)4-2/h10H,3-9H2,1-2H3/t10-/m0/s1. The van der Waals surface area contributed by atoms with Crippen LogP contribution in [0.1, 0.15) is 46.0 Å². The fourth-order valence-corrected chi connectivity index (χ4v) is 2.08. The molecular formula is C10H21N. The molecule has 0 radical (unpaired) electrons. The lowest BCUT2D eigenvalue weighted by Crippen LogP contribution is -2.28. The Morgan fingerprint density at radius 3 is 2.82 bits per heavy atom. The molecule has 1 heterocycles. The maximum atomic E-state index is 2.63. The number of unbranched alkanes of at least 4 members (excludes halogenated alkanes) is 1. The zero-order chi connectivity index (χ0) is 8.10. The number of likely N-dealkylation sites (tertiary alicyclic amines) is 1. The molecule has 0 unspecified atom stereocenters. The van der Waals surface area contributed by atoms with Gasteiger partial charge in [-0.1, -0.05) is 26.7 Å². The molecule has 1 heteroatoms. The van der Waals surface area contributed by atoms with Gasteiger partial charge < -0.3 is 4.90 Å². The van der Waals surface area contributed by atoms with Crippen molar-refractivity contribution < 1.29 is 0 Å². The van der Waals surface area contributed by atoms with E-state index in [-0.39, 0.29) is 0 Å². The fourth-order valence-electron chi connectivity index (χ4n) is 2.08. The third-order valence-electron chi connectivity index (χ3n) is 2.80. The average molecular weight is 155 g/mol. The van der Waals surface area contributed by atoms with Crippen LogP contribution in [0, 0.1) is 0 Å². The van der Waals surface area contributed by atoms with E-state index in [0.29, 0.717) is 0 Å². The predicted octanol–water partition coefficient (Wildman–Crippen LogP) is 2.66. The topological polar surface area (TPSA) is 3.24 Å². The number of hydrogen-bond acceptors (Lipinski definition) is 1. The molecule has 0 aromatic carbocycles. The summed E-state index contributed by atoms with van der Waals surface area (Å²) in [6.45, 7) is 7.18. The van der Waals surface area contributed by atoms with Crippen LogP contribution in [0.15, 0.2) is 0 Å². The SMILES string of the molecule is CCCC[C@H]1CCCN1CC. The first-order chi connectivity index (χ1) is 5.38. The lowest BCUT2D eigenvalue weighted by atomic mass is 10.1. The Morgan fingerprint density at radius 1 is 1.36 bits per heavy atom. The van der Waals surface area contributed by atoms with Crippen LogP contribution in [0.3, 0.4) is 0 Å². The monoisotopic (exact) mass is 155 g/mol. The lowest BCUT2D eigenvalue weighted by molar-refractivity contribution is 0.252. The van der Waals surface area contributed by atoms with Crippen molar-refractivity contribution in [2.24, 2.45) is 0 Å². The van der Waals surface area contributed by atoms with E-state index in [9.17, 15) is 0 Å². The van der Waals surface area contributed by atoms with Crippen molar-refractivity contribution in [3.63, 3.8) is 0 Å². The highest BCUT2D eigenvalue weighted by atomic mass is 15.2. The van der Waals surface area contributed by atoms with Crippen molar-refractivity contribution in [1.29, 1.82) is 0 Å². The maximum absolute atomic E-state index is 2.63. The normalized spacial score (nSPS) is 26.2. The van der Waals surface area contributed by atoms with E-state index in [4.69, 9.17) is 0 Å². The summed E-state index contributed by atoms with van der Waals surface area (Å²) in [5, 5.41) is 0. The minimum Gasteiger partial charge on any atom is -0.301 e. The van der Waals surface area contributed by atoms with Gasteiger partial charge in [-0.2, -0.15) is 0 Å². The molecule has 1 rings (SSSR count). The molecule has 0 aliphatic carbocycles. The van der Waals surface area contributed by atoms with Crippen LogP contribution in [0.4, 0.5) is 0 Å². The molecule has 0 saturated carbocycles. The largest absolute Gasteiger partial charge is 0.301 e. The average Bonchev–Trinajstić information content (AvgIpc) is 2.47. The zero-order valence-corrected chi connectivity index (χ0v) is 7.97. The molecule has 1 fully saturated rings. The first kappa shape index (κ1) is 9.05. The van der Waals surface area contributed by atoms with Gasteiger partial charge in [0.15, 0.2) is 0 Å². The molecular weight excluding hydrogens is 134 g/mol. The van der Waals surface area contributed by atoms with Gasteiger partial charge in [0.1, 0.15) is 0 Å². The van der Waals surface area contributed by atoms with Gasteiger partial charge in [-0.15, -0.1) is 0 Å². The van der Waals surface area contributed by atoms with E-state index in [1.807, 2.05) is 0 Å². The van der Waals surface area contributed by atoms with Crippen molar-refractivity contribution in [1.82, 2.24) is 4.90 Å². The summed E-state index contributed by atoms with van der Waals surface area (Å²) >= 11 is 0. The Labute approximate surface area is 70.8 Å². The zero-order valence-electron chi connectivity index (χ0n) is 7.97. The van der Waals surface area contributed by atoms with Gasteiger partial charge in [0.2, 0.25) is 0 Å². The predicted molar refractivity (Wildman–Crippen MR) is 49.8 cm³/mol. The molecule has 1 atom stereocenters. The first-order valence-corrected chi connectivity index (χ1v) is 5.12. The smallest absolute Gasteiger partial charge is 0.00956 e. The number of nitrogens with zero attached hydrogens (tertiary/aromatic N) is 1. The lowest BCUT2D eigenvalue weighted by Gasteiger charge is -2.22. The van der Waals surface area contributed by atoms with Crippen molar-refractivity contribution in [3.05, 3.63) is 0 Å². The van der Waals surface area contributed by atoms with Crippen LogP contribution in [0.2, 0.25) is 0 Å². The molecule has 0 spiro atoms. The summed E-state index contributed by atoms with van der Waals surface area (Å²) in [4.78, 5) is 2.63. The Bertz CT molecular complexity index is 101. The molecule has 11 heavy (non-hydrogen) atoms. The molecule has 1 saturated heterocycles. The van der Waals surface area contributed by atoms with Crippen LogP contribution in [-0.2, 0) is 0 Å². The van der Waals surface area contributed by atoms with Crippen molar-refractivity contribution >= 4 is 0 Å². The third kappa shape index (κ3) is 2.48. The van der Waals surface area contributed by atoms with Gasteiger partial charge in [0.25, 0.3) is 0 Å². The van der Waals surface area contributed by atoms with Crippen LogP contribution in [-0.4, -0.2) is 24.0 Å². The van der Waals surface area contributed by atoms with Crippen LogP contribution in [0.25, 0.3) is 0 Å². The van der Waals surface area contributed by atoms with Crippen molar-refractivity contribution in [2.45, 2.75) is 52.0 Å². The highest BCUT2D eigenvalue weighted by molar-refractivity contribution is 4.77. The Hall–Kier alpha value is -0.0400. The van der Waals surface area contributed by atoms with E-state index in [2.05, 4.69) is 18.7 Å². The summed E-state index contributed by atoms with van der Waals surface area (Å²) in [5.41, 5.74) is 0. The summed E-state index contributed by atoms with van der Waals surface area (Å²) in [7, 11) is 0. The van der Waals surface area contributed by atoms with Gasteiger partial charge in [0, 0.05) is 6.04 Å². The fraction of sp³-hybridized carbons (Fsp3) is 1.00. The van der Waals surface area contributed by atoms with Crippen LogP contribution >= 0.6 is 0 Å². The molecule has 0 bridgehead atoms. The second-order valence-electron chi connectivity index (χ2n) is 3.57. The van der Waals surface area contributed by atoms with E-state index < -0.39 is 0 Å². The highest BCUT2D eigenvalue weighted by Crippen LogP contribution is 2.20. The van der Waals surface area contributed by atoms with Gasteiger partial charge in [-0.25, -0.2) is 0 Å². The van der Waals surface area contributed by atoms with Gasteiger partial charge >= 0.3 is 0 Å². The second-order valence-corrected chi connectivity index (χ2v) is 3.57. The molecule has 66 valence electrons. The number of hydrogen-bond donors (Lipinski definition) is 0. The molecule has 1 aliphatic rings. The minimum absolute atomic E-state index is 0.931. The molecule has 1 nitrogen and oxygen atoms in total. The number of rotatable bonds is 4. The van der Waals surface area contributed by atoms with E-state index in [1.165, 1.54) is 45.2 Å². The van der Waals surface area contributed by atoms with Crippen LogP contribution in [0.5, 0.6) is 0 Å². The Morgan fingerprint density at radius 2 is 2.18 bits per heavy atom. The van der Waals surface area contributed by atoms with Gasteiger partial charge in [0.05, 0.1) is 0 Å². The van der Waals surface area contributed by atoms with E-state index in [0.717, 1.165) is 6.04 Å². The quantitative estimate of drug-likeness (QED) is 0.603. The van der Waals surface area contributed by atoms with Crippen molar-refractivity contribution in [3.8, 4) is 0 Å². The second kappa shape index (κ2) is 4.76. The molecule has 0 N–H and O–H groups in total.